The van der Waals surface area contributed by atoms with Crippen molar-refractivity contribution in [2.75, 3.05) is 16.8 Å². The topological polar surface area (TPSA) is 136 Å². The van der Waals surface area contributed by atoms with Gasteiger partial charge in [0.05, 0.1) is 40.4 Å². The number of rotatable bonds is 17. The first-order valence-corrected chi connectivity index (χ1v) is 21.3. The van der Waals surface area contributed by atoms with Crippen molar-refractivity contribution >= 4 is 56.5 Å². The zero-order valence-electron chi connectivity index (χ0n) is 31.8. The number of para-hydroxylation sites is 3. The van der Waals surface area contributed by atoms with Gasteiger partial charge < -0.3 is 30.9 Å². The SMILES string of the molecule is Nc1ccccc1NC(=O)CCCCCCC(=O)NCc1cccc(-c2cccc([C@@H]3O[C@H](CSc4nc5ccccc5s4)C[C@H](c4ccc(CO)cc4)O3)c2)c1. The van der Waals surface area contributed by atoms with Crippen molar-refractivity contribution in [3.05, 3.63) is 144 Å². The Kier molecular flexibility index (Phi) is 14.0. The predicted octanol–water partition coefficient (Wildman–Crippen LogP) is 9.97. The predicted molar refractivity (Wildman–Crippen MR) is 230 cm³/mol. The Bertz CT molecular complexity index is 2230. The van der Waals surface area contributed by atoms with E-state index >= 15 is 0 Å². The van der Waals surface area contributed by atoms with Crippen molar-refractivity contribution in [3.8, 4) is 11.1 Å². The lowest BCUT2D eigenvalue weighted by Crippen LogP contribution is -2.31. The summed E-state index contributed by atoms with van der Waals surface area (Å²) in [6.45, 7) is 0.436. The molecule has 0 bridgehead atoms. The average Bonchev–Trinajstić information content (AvgIpc) is 3.67. The number of unbranched alkanes of at least 4 members (excludes halogenated alkanes) is 3. The molecule has 1 aromatic heterocycles. The number of thioether (sulfide) groups is 1. The highest BCUT2D eigenvalue weighted by molar-refractivity contribution is 8.01. The van der Waals surface area contributed by atoms with Crippen molar-refractivity contribution in [1.29, 1.82) is 0 Å². The lowest BCUT2D eigenvalue weighted by molar-refractivity contribution is -0.245. The Balaban J connectivity index is 0.923. The second-order valence-corrected chi connectivity index (χ2v) is 16.6. The highest BCUT2D eigenvalue weighted by atomic mass is 32.2. The molecule has 0 spiro atoms. The molecule has 0 saturated carbocycles. The summed E-state index contributed by atoms with van der Waals surface area (Å²) < 4.78 is 15.5. The fourth-order valence-corrected chi connectivity index (χ4v) is 8.97. The molecule has 0 aliphatic carbocycles. The van der Waals surface area contributed by atoms with E-state index in [1.54, 1.807) is 35.2 Å². The first-order chi connectivity index (χ1) is 27.9. The van der Waals surface area contributed by atoms with Gasteiger partial charge in [0.2, 0.25) is 11.8 Å². The lowest BCUT2D eigenvalue weighted by atomic mass is 9.99. The zero-order chi connectivity index (χ0) is 39.4. The number of amides is 2. The summed E-state index contributed by atoms with van der Waals surface area (Å²) in [6, 6.07) is 39.9. The molecule has 2 amide bonds. The first-order valence-electron chi connectivity index (χ1n) is 19.5. The van der Waals surface area contributed by atoms with Crippen LogP contribution in [0.5, 0.6) is 0 Å². The normalized spacial score (nSPS) is 16.7. The number of carbonyl (C=O) groups excluding carboxylic acids is 2. The number of carbonyl (C=O) groups is 2. The van der Waals surface area contributed by atoms with Crippen LogP contribution in [-0.4, -0.2) is 33.8 Å². The van der Waals surface area contributed by atoms with Gasteiger partial charge in [0, 0.05) is 37.1 Å². The molecule has 57 heavy (non-hydrogen) atoms. The van der Waals surface area contributed by atoms with Crippen molar-refractivity contribution in [3.63, 3.8) is 0 Å². The van der Waals surface area contributed by atoms with E-state index in [1.165, 1.54) is 4.70 Å². The molecule has 0 unspecified atom stereocenters. The Morgan fingerprint density at radius 3 is 2.30 bits per heavy atom. The monoisotopic (exact) mass is 800 g/mol. The van der Waals surface area contributed by atoms with Crippen LogP contribution < -0.4 is 16.4 Å². The summed E-state index contributed by atoms with van der Waals surface area (Å²) in [4.78, 5) is 29.8. The molecule has 2 heterocycles. The Labute approximate surface area is 342 Å². The molecule has 1 fully saturated rings. The third kappa shape index (κ3) is 11.3. The number of nitrogen functional groups attached to an aromatic ring is 1. The fourth-order valence-electron chi connectivity index (χ4n) is 6.86. The van der Waals surface area contributed by atoms with Crippen molar-refractivity contribution in [2.45, 2.75) is 80.9 Å². The number of nitrogens with one attached hydrogen (secondary N) is 2. The van der Waals surface area contributed by atoms with Crippen molar-refractivity contribution < 1.29 is 24.2 Å². The molecule has 1 saturated heterocycles. The van der Waals surface area contributed by atoms with Gasteiger partial charge in [-0.3, -0.25) is 9.59 Å². The number of ether oxygens (including phenoxy) is 2. The molecular weight excluding hydrogens is 753 g/mol. The number of fused-ring (bicyclic) bond motifs is 1. The van der Waals surface area contributed by atoms with Gasteiger partial charge in [-0.15, -0.1) is 11.3 Å². The van der Waals surface area contributed by atoms with Crippen molar-refractivity contribution in [2.24, 2.45) is 0 Å². The molecule has 0 radical (unpaired) electrons. The van der Waals surface area contributed by atoms with E-state index in [1.807, 2.05) is 78.9 Å². The number of benzene rings is 5. The number of hydrogen-bond donors (Lipinski definition) is 4. The minimum Gasteiger partial charge on any atom is -0.397 e. The van der Waals surface area contributed by atoms with Crippen LogP contribution in [0.25, 0.3) is 21.3 Å². The molecule has 6 aromatic rings. The van der Waals surface area contributed by atoms with E-state index < -0.39 is 6.29 Å². The highest BCUT2D eigenvalue weighted by Crippen LogP contribution is 2.41. The van der Waals surface area contributed by atoms with Crippen LogP contribution >= 0.6 is 23.1 Å². The van der Waals surface area contributed by atoms with Crippen LogP contribution in [-0.2, 0) is 32.2 Å². The largest absolute Gasteiger partial charge is 0.397 e. The smallest absolute Gasteiger partial charge is 0.224 e. The third-order valence-electron chi connectivity index (χ3n) is 9.98. The van der Waals surface area contributed by atoms with E-state index in [0.717, 1.165) is 74.7 Å². The number of thiazole rings is 1. The van der Waals surface area contributed by atoms with Gasteiger partial charge in [-0.2, -0.15) is 0 Å². The molecule has 9 nitrogen and oxygen atoms in total. The number of anilines is 2. The quantitative estimate of drug-likeness (QED) is 0.0407. The maximum atomic E-state index is 12.7. The number of aliphatic hydroxyl groups is 1. The molecule has 1 aliphatic rings. The van der Waals surface area contributed by atoms with Gasteiger partial charge in [0.15, 0.2) is 10.6 Å². The maximum absolute atomic E-state index is 12.7. The van der Waals surface area contributed by atoms with Crippen LogP contribution in [0.1, 0.15) is 79.6 Å². The van der Waals surface area contributed by atoms with Gasteiger partial charge in [-0.25, -0.2) is 4.98 Å². The van der Waals surface area contributed by atoms with E-state index in [2.05, 4.69) is 41.0 Å². The average molecular weight is 801 g/mol. The highest BCUT2D eigenvalue weighted by Gasteiger charge is 2.32. The molecule has 294 valence electrons. The van der Waals surface area contributed by atoms with Gasteiger partial charge in [-0.05, 0) is 77.1 Å². The molecule has 1 aliphatic heterocycles. The number of aromatic nitrogens is 1. The van der Waals surface area contributed by atoms with Gasteiger partial charge >= 0.3 is 0 Å². The van der Waals surface area contributed by atoms with Crippen LogP contribution in [0.4, 0.5) is 11.4 Å². The first kappa shape index (κ1) is 40.2. The lowest BCUT2D eigenvalue weighted by Gasteiger charge is -2.36. The van der Waals surface area contributed by atoms with E-state index in [0.29, 0.717) is 37.2 Å². The van der Waals surface area contributed by atoms with Gasteiger partial charge in [0.1, 0.15) is 0 Å². The van der Waals surface area contributed by atoms with Crippen LogP contribution in [0.2, 0.25) is 0 Å². The summed E-state index contributed by atoms with van der Waals surface area (Å²) in [6.07, 6.45) is 4.03. The number of nitrogens with zero attached hydrogens (tertiary/aromatic N) is 1. The van der Waals surface area contributed by atoms with E-state index in [4.69, 9.17) is 20.2 Å². The Morgan fingerprint density at radius 2 is 1.51 bits per heavy atom. The van der Waals surface area contributed by atoms with Gasteiger partial charge in [-0.1, -0.05) is 110 Å². The fraction of sp³-hybridized carbons (Fsp3) is 0.283. The van der Waals surface area contributed by atoms with Crippen LogP contribution in [0, 0.1) is 0 Å². The number of aliphatic hydroxyl groups excluding tert-OH is 1. The number of hydrogen-bond acceptors (Lipinski definition) is 9. The van der Waals surface area contributed by atoms with E-state index in [-0.39, 0.29) is 30.6 Å². The minimum atomic E-state index is -0.574. The second kappa shape index (κ2) is 19.9. The van der Waals surface area contributed by atoms with E-state index in [9.17, 15) is 14.7 Å². The summed E-state index contributed by atoms with van der Waals surface area (Å²) in [5, 5.41) is 15.5. The molecule has 7 rings (SSSR count). The summed E-state index contributed by atoms with van der Waals surface area (Å²) in [5.41, 5.74) is 14.0. The Morgan fingerprint density at radius 1 is 0.772 bits per heavy atom. The minimum absolute atomic E-state index is 0.00368. The van der Waals surface area contributed by atoms with Crippen molar-refractivity contribution in [1.82, 2.24) is 10.3 Å². The second-order valence-electron chi connectivity index (χ2n) is 14.3. The molecule has 3 atom stereocenters. The summed E-state index contributed by atoms with van der Waals surface area (Å²) in [5.74, 6) is 0.705. The third-order valence-corrected chi connectivity index (χ3v) is 12.3. The van der Waals surface area contributed by atoms with Crippen LogP contribution in [0.3, 0.4) is 0 Å². The Hall–Kier alpha value is -5.04. The summed E-state index contributed by atoms with van der Waals surface area (Å²) >= 11 is 3.42. The zero-order valence-corrected chi connectivity index (χ0v) is 33.4. The summed E-state index contributed by atoms with van der Waals surface area (Å²) in [7, 11) is 0. The maximum Gasteiger partial charge on any atom is 0.224 e. The standard InChI is InChI=1S/C46H48N4O5S2/c47-38-15-5-6-16-39(38)49-44(53)20-4-2-1-3-19-43(52)48-28-32-11-9-12-34(25-32)35-13-10-14-36(26-35)45-54-37(27-41(55-45)33-23-21-31(29-51)22-24-33)30-56-46-50-40-17-7-8-18-42(40)57-46/h5-18,21-26,37,41,45,51H,1-4,19-20,27-30,47H2,(H,48,52)(H,49,53)/t37-,41+,45+/m0/s1. The molecular formula is C46H48N4O5S2. The molecule has 5 aromatic carbocycles. The van der Waals surface area contributed by atoms with Gasteiger partial charge in [0.25, 0.3) is 0 Å². The molecule has 11 heteroatoms. The van der Waals surface area contributed by atoms with Crippen LogP contribution in [0.15, 0.2) is 126 Å². The molecule has 5 N–H and O–H groups in total. The number of nitrogens with two attached hydrogens (primary N) is 1.